The molecule has 4 saturated carbocycles. The minimum atomic E-state index is -1.27. The number of hydrogen-bond acceptors (Lipinski definition) is 4. The maximum atomic E-state index is 12.3. The van der Waals surface area contributed by atoms with Crippen molar-refractivity contribution < 1.29 is 20.1 Å². The molecule has 9 atom stereocenters. The molecule has 4 heteroatoms. The number of aliphatic hydroxyl groups is 3. The minimum absolute atomic E-state index is 0.0832. The highest BCUT2D eigenvalue weighted by Crippen LogP contribution is 2.68. The number of Topliss-reactive ketones (excluding diaryl/α,β-unsaturated/α-hetero) is 1. The Balaban J connectivity index is 1.70. The second kappa shape index (κ2) is 5.53. The van der Waals surface area contributed by atoms with Crippen molar-refractivity contribution in [1.29, 1.82) is 0 Å². The van der Waals surface area contributed by atoms with Crippen molar-refractivity contribution >= 4 is 5.78 Å². The third-order valence-corrected chi connectivity index (χ3v) is 9.30. The molecule has 25 heavy (non-hydrogen) atoms. The van der Waals surface area contributed by atoms with Gasteiger partial charge >= 0.3 is 0 Å². The normalized spacial score (nSPS) is 58.2. The van der Waals surface area contributed by atoms with Gasteiger partial charge < -0.3 is 15.3 Å². The summed E-state index contributed by atoms with van der Waals surface area (Å²) in [4.78, 5) is 12.3. The smallest absolute Gasteiger partial charge is 0.161 e. The summed E-state index contributed by atoms with van der Waals surface area (Å²) >= 11 is 0. The van der Waals surface area contributed by atoms with Gasteiger partial charge in [-0.15, -0.1) is 0 Å². The van der Waals surface area contributed by atoms with Gasteiger partial charge in [0.15, 0.2) is 5.78 Å². The van der Waals surface area contributed by atoms with Gasteiger partial charge in [0.25, 0.3) is 0 Å². The summed E-state index contributed by atoms with van der Waals surface area (Å²) in [5, 5.41) is 32.5. The lowest BCUT2D eigenvalue weighted by molar-refractivity contribution is -0.201. The van der Waals surface area contributed by atoms with E-state index in [0.29, 0.717) is 30.6 Å². The van der Waals surface area contributed by atoms with Crippen LogP contribution < -0.4 is 0 Å². The second-order valence-electron chi connectivity index (χ2n) is 10.1. The van der Waals surface area contributed by atoms with Crippen LogP contribution in [0.25, 0.3) is 0 Å². The lowest BCUT2D eigenvalue weighted by Crippen LogP contribution is -2.62. The highest BCUT2D eigenvalue weighted by Gasteiger charge is 2.68. The fourth-order valence-corrected chi connectivity index (χ4v) is 7.94. The molecule has 0 aromatic carbocycles. The Bertz CT molecular complexity index is 576. The SMILES string of the molecule is CC(=O)[C@@]1(O)CC[C@H]2[C@@H]3CCC4CC(O)CC[C@]4(C)[C@H]3C(O)C[C@@]21C. The lowest BCUT2D eigenvalue weighted by atomic mass is 9.43. The van der Waals surface area contributed by atoms with E-state index in [1.807, 2.05) is 6.92 Å². The molecule has 4 aliphatic carbocycles. The van der Waals surface area contributed by atoms with Gasteiger partial charge in [0, 0.05) is 5.41 Å². The molecule has 0 bridgehead atoms. The second-order valence-corrected chi connectivity index (χ2v) is 10.1. The van der Waals surface area contributed by atoms with E-state index in [4.69, 9.17) is 0 Å². The minimum Gasteiger partial charge on any atom is -0.393 e. The van der Waals surface area contributed by atoms with Crippen LogP contribution in [0.5, 0.6) is 0 Å². The third-order valence-electron chi connectivity index (χ3n) is 9.30. The van der Waals surface area contributed by atoms with Gasteiger partial charge in [0.05, 0.1) is 12.2 Å². The summed E-state index contributed by atoms with van der Waals surface area (Å²) in [5.41, 5.74) is -1.69. The number of aliphatic hydroxyl groups excluding tert-OH is 2. The molecule has 0 saturated heterocycles. The van der Waals surface area contributed by atoms with Crippen molar-refractivity contribution in [2.45, 2.75) is 89.9 Å². The van der Waals surface area contributed by atoms with E-state index < -0.39 is 17.1 Å². The predicted molar refractivity (Wildman–Crippen MR) is 94.8 cm³/mol. The highest BCUT2D eigenvalue weighted by atomic mass is 16.3. The Kier molecular flexibility index (Phi) is 3.97. The quantitative estimate of drug-likeness (QED) is 0.679. The van der Waals surface area contributed by atoms with Crippen LogP contribution >= 0.6 is 0 Å². The number of carbonyl (C=O) groups excluding carboxylic acids is 1. The predicted octanol–water partition coefficient (Wildman–Crippen LogP) is 2.68. The molecule has 4 aliphatic rings. The van der Waals surface area contributed by atoms with Gasteiger partial charge in [-0.1, -0.05) is 13.8 Å². The van der Waals surface area contributed by atoms with Crippen LogP contribution in [0.3, 0.4) is 0 Å². The molecule has 4 fully saturated rings. The molecular weight excluding hydrogens is 316 g/mol. The standard InChI is InChI=1S/C21H34O4/c1-12(22)21(25)9-7-16-15-5-4-13-10-14(23)6-8-19(13,2)18(15)17(24)11-20(16,21)3/h13-18,23-25H,4-11H2,1-3H3/t13?,14?,15-,16-,17?,18+,19-,20-,21-/m0/s1. The summed E-state index contributed by atoms with van der Waals surface area (Å²) in [6.07, 6.45) is 6.16. The van der Waals surface area contributed by atoms with Gasteiger partial charge in [0.1, 0.15) is 5.60 Å². The zero-order valence-corrected chi connectivity index (χ0v) is 15.9. The lowest BCUT2D eigenvalue weighted by Gasteiger charge is -2.62. The van der Waals surface area contributed by atoms with E-state index in [1.165, 1.54) is 6.92 Å². The summed E-state index contributed by atoms with van der Waals surface area (Å²) in [5.74, 6) is 1.30. The number of carbonyl (C=O) groups is 1. The van der Waals surface area contributed by atoms with Crippen molar-refractivity contribution in [3.05, 3.63) is 0 Å². The van der Waals surface area contributed by atoms with E-state index >= 15 is 0 Å². The molecule has 4 rings (SSSR count). The largest absolute Gasteiger partial charge is 0.393 e. The summed E-state index contributed by atoms with van der Waals surface area (Å²) in [6.45, 7) is 5.88. The molecule has 0 radical (unpaired) electrons. The van der Waals surface area contributed by atoms with Crippen molar-refractivity contribution in [2.75, 3.05) is 0 Å². The molecule has 0 spiro atoms. The summed E-state index contributed by atoms with van der Waals surface area (Å²) < 4.78 is 0. The third kappa shape index (κ3) is 2.20. The first-order chi connectivity index (χ1) is 11.6. The van der Waals surface area contributed by atoms with E-state index in [9.17, 15) is 20.1 Å². The van der Waals surface area contributed by atoms with Gasteiger partial charge in [-0.25, -0.2) is 0 Å². The van der Waals surface area contributed by atoms with Crippen LogP contribution in [0.2, 0.25) is 0 Å². The van der Waals surface area contributed by atoms with E-state index in [2.05, 4.69) is 6.92 Å². The maximum absolute atomic E-state index is 12.3. The average Bonchev–Trinajstić information content (AvgIpc) is 2.80. The number of rotatable bonds is 1. The first kappa shape index (κ1) is 17.9. The van der Waals surface area contributed by atoms with Crippen molar-refractivity contribution in [3.8, 4) is 0 Å². The fraction of sp³-hybridized carbons (Fsp3) is 0.952. The molecule has 0 amide bonds. The molecule has 0 aromatic rings. The molecule has 142 valence electrons. The first-order valence-electron chi connectivity index (χ1n) is 10.2. The van der Waals surface area contributed by atoms with Crippen LogP contribution in [0, 0.1) is 34.5 Å². The van der Waals surface area contributed by atoms with Crippen LogP contribution in [-0.4, -0.2) is 38.9 Å². The summed E-state index contributed by atoms with van der Waals surface area (Å²) in [7, 11) is 0. The fourth-order valence-electron chi connectivity index (χ4n) is 7.94. The maximum Gasteiger partial charge on any atom is 0.161 e. The van der Waals surface area contributed by atoms with E-state index in [0.717, 1.165) is 38.5 Å². The van der Waals surface area contributed by atoms with Gasteiger partial charge in [-0.2, -0.15) is 0 Å². The van der Waals surface area contributed by atoms with Gasteiger partial charge in [0.2, 0.25) is 0 Å². The van der Waals surface area contributed by atoms with Gasteiger partial charge in [-0.3, -0.25) is 4.79 Å². The Morgan fingerprint density at radius 2 is 1.76 bits per heavy atom. The molecule has 3 unspecified atom stereocenters. The van der Waals surface area contributed by atoms with Crippen LogP contribution in [0.4, 0.5) is 0 Å². The molecule has 0 aromatic heterocycles. The zero-order valence-electron chi connectivity index (χ0n) is 15.9. The van der Waals surface area contributed by atoms with E-state index in [1.54, 1.807) is 0 Å². The summed E-state index contributed by atoms with van der Waals surface area (Å²) in [6, 6.07) is 0. The number of ketones is 1. The van der Waals surface area contributed by atoms with E-state index in [-0.39, 0.29) is 23.2 Å². The van der Waals surface area contributed by atoms with Crippen LogP contribution in [-0.2, 0) is 4.79 Å². The average molecular weight is 350 g/mol. The van der Waals surface area contributed by atoms with Crippen molar-refractivity contribution in [2.24, 2.45) is 34.5 Å². The number of hydrogen-bond donors (Lipinski definition) is 3. The zero-order chi connectivity index (χ0) is 18.2. The number of fused-ring (bicyclic) bond motifs is 5. The van der Waals surface area contributed by atoms with Crippen LogP contribution in [0.1, 0.15) is 72.1 Å². The topological polar surface area (TPSA) is 77.8 Å². The molecule has 0 heterocycles. The van der Waals surface area contributed by atoms with Crippen molar-refractivity contribution in [1.82, 2.24) is 0 Å². The molecule has 3 N–H and O–H groups in total. The van der Waals surface area contributed by atoms with Crippen LogP contribution in [0.15, 0.2) is 0 Å². The van der Waals surface area contributed by atoms with Gasteiger partial charge in [-0.05, 0) is 87.4 Å². The molecular formula is C21H34O4. The Hall–Kier alpha value is -0.450. The molecule has 0 aliphatic heterocycles. The Labute approximate surface area is 151 Å². The van der Waals surface area contributed by atoms with Crippen molar-refractivity contribution in [3.63, 3.8) is 0 Å². The monoisotopic (exact) mass is 350 g/mol. The Morgan fingerprint density at radius 3 is 2.44 bits per heavy atom. The molecule has 4 nitrogen and oxygen atoms in total. The Morgan fingerprint density at radius 1 is 1.04 bits per heavy atom. The highest BCUT2D eigenvalue weighted by molar-refractivity contribution is 5.86. The first-order valence-corrected chi connectivity index (χ1v) is 10.2.